The Morgan fingerprint density at radius 1 is 1.55 bits per heavy atom. The van der Waals surface area contributed by atoms with Gasteiger partial charge in [-0.15, -0.1) is 0 Å². The van der Waals surface area contributed by atoms with Gasteiger partial charge < -0.3 is 5.73 Å². The molecule has 0 aromatic heterocycles. The zero-order valence-electron chi connectivity index (χ0n) is 7.90. The fraction of sp³-hybridized carbons (Fsp3) is 1.00. The van der Waals surface area contributed by atoms with Gasteiger partial charge in [0.25, 0.3) is 0 Å². The number of hydrogen-bond acceptors (Lipinski definition) is 1. The van der Waals surface area contributed by atoms with Crippen LogP contribution in [0.5, 0.6) is 0 Å². The topological polar surface area (TPSA) is 26.0 Å². The van der Waals surface area contributed by atoms with E-state index in [0.29, 0.717) is 0 Å². The summed E-state index contributed by atoms with van der Waals surface area (Å²) >= 11 is 0. The lowest BCUT2D eigenvalue weighted by Gasteiger charge is -2.34. The molecule has 0 aromatic carbocycles. The fourth-order valence-corrected chi connectivity index (χ4v) is 2.31. The molecule has 1 saturated carbocycles. The predicted molar refractivity (Wildman–Crippen MR) is 49.5 cm³/mol. The van der Waals surface area contributed by atoms with Crippen LogP contribution in [0.1, 0.15) is 52.4 Å². The van der Waals surface area contributed by atoms with Crippen LogP contribution in [0.3, 0.4) is 0 Å². The van der Waals surface area contributed by atoms with Crippen molar-refractivity contribution in [3.05, 3.63) is 0 Å². The molecule has 1 fully saturated rings. The van der Waals surface area contributed by atoms with Crippen molar-refractivity contribution >= 4 is 0 Å². The van der Waals surface area contributed by atoms with Gasteiger partial charge in [0.1, 0.15) is 0 Å². The smallest absolute Gasteiger partial charge is 0.0128 e. The van der Waals surface area contributed by atoms with Crippen molar-refractivity contribution in [3.8, 4) is 0 Å². The van der Waals surface area contributed by atoms with Gasteiger partial charge in [-0.3, -0.25) is 0 Å². The highest BCUT2D eigenvalue weighted by Gasteiger charge is 2.27. The van der Waals surface area contributed by atoms with Gasteiger partial charge in [0.15, 0.2) is 0 Å². The van der Waals surface area contributed by atoms with Gasteiger partial charge in [0.05, 0.1) is 0 Å². The Labute approximate surface area is 70.4 Å². The third-order valence-electron chi connectivity index (χ3n) is 2.81. The molecule has 1 rings (SSSR count). The van der Waals surface area contributed by atoms with Crippen molar-refractivity contribution in [2.75, 3.05) is 0 Å². The SMILES string of the molecule is CCC[C@H]1CCC[C@@](C)(N)C1. The molecule has 0 amide bonds. The molecule has 0 radical (unpaired) electrons. The third kappa shape index (κ3) is 2.82. The van der Waals surface area contributed by atoms with Crippen LogP contribution in [0, 0.1) is 5.92 Å². The van der Waals surface area contributed by atoms with E-state index in [1.165, 1.54) is 38.5 Å². The molecule has 2 N–H and O–H groups in total. The second kappa shape index (κ2) is 3.57. The summed E-state index contributed by atoms with van der Waals surface area (Å²) in [4.78, 5) is 0. The summed E-state index contributed by atoms with van der Waals surface area (Å²) in [5.41, 5.74) is 6.25. The molecule has 11 heavy (non-hydrogen) atoms. The second-order valence-corrected chi connectivity index (χ2v) is 4.41. The van der Waals surface area contributed by atoms with Crippen LogP contribution in [-0.4, -0.2) is 5.54 Å². The van der Waals surface area contributed by atoms with E-state index >= 15 is 0 Å². The lowest BCUT2D eigenvalue weighted by molar-refractivity contribution is 0.231. The maximum Gasteiger partial charge on any atom is 0.0128 e. The molecule has 1 heteroatoms. The van der Waals surface area contributed by atoms with Crippen LogP contribution in [0.4, 0.5) is 0 Å². The van der Waals surface area contributed by atoms with Crippen LogP contribution < -0.4 is 5.73 Å². The Hall–Kier alpha value is -0.0400. The summed E-state index contributed by atoms with van der Waals surface area (Å²) in [5.74, 6) is 0.920. The van der Waals surface area contributed by atoms with Crippen LogP contribution in [0.15, 0.2) is 0 Å². The molecule has 1 nitrogen and oxygen atoms in total. The van der Waals surface area contributed by atoms with Gasteiger partial charge in [0, 0.05) is 5.54 Å². The monoisotopic (exact) mass is 155 g/mol. The van der Waals surface area contributed by atoms with Crippen LogP contribution in [-0.2, 0) is 0 Å². The zero-order valence-corrected chi connectivity index (χ0v) is 7.90. The van der Waals surface area contributed by atoms with Crippen molar-refractivity contribution in [2.24, 2.45) is 11.7 Å². The van der Waals surface area contributed by atoms with Gasteiger partial charge in [-0.1, -0.05) is 32.6 Å². The molecule has 0 unspecified atom stereocenters. The molecular weight excluding hydrogens is 134 g/mol. The highest BCUT2D eigenvalue weighted by Crippen LogP contribution is 2.32. The van der Waals surface area contributed by atoms with Crippen molar-refractivity contribution in [1.82, 2.24) is 0 Å². The summed E-state index contributed by atoms with van der Waals surface area (Å²) in [6.07, 6.45) is 7.94. The third-order valence-corrected chi connectivity index (χ3v) is 2.81. The fourth-order valence-electron chi connectivity index (χ4n) is 2.31. The first kappa shape index (κ1) is 9.05. The summed E-state index contributed by atoms with van der Waals surface area (Å²) in [6, 6.07) is 0. The van der Waals surface area contributed by atoms with Gasteiger partial charge in [-0.2, -0.15) is 0 Å². The van der Waals surface area contributed by atoms with Crippen molar-refractivity contribution in [3.63, 3.8) is 0 Å². The first-order valence-electron chi connectivity index (χ1n) is 4.93. The molecule has 1 aliphatic rings. The number of nitrogens with two attached hydrogens (primary N) is 1. The molecule has 0 aliphatic heterocycles. The average Bonchev–Trinajstić information content (AvgIpc) is 1.85. The summed E-state index contributed by atoms with van der Waals surface area (Å²) in [7, 11) is 0. The maximum absolute atomic E-state index is 6.10. The molecule has 0 heterocycles. The molecular formula is C10H21N. The normalized spacial score (nSPS) is 39.0. The number of rotatable bonds is 2. The predicted octanol–water partition coefficient (Wildman–Crippen LogP) is 2.69. The quantitative estimate of drug-likeness (QED) is 0.652. The van der Waals surface area contributed by atoms with Crippen molar-refractivity contribution < 1.29 is 0 Å². The van der Waals surface area contributed by atoms with Gasteiger partial charge >= 0.3 is 0 Å². The highest BCUT2D eigenvalue weighted by atomic mass is 14.7. The van der Waals surface area contributed by atoms with E-state index in [1.807, 2.05) is 0 Å². The minimum atomic E-state index is 0.151. The molecule has 0 aromatic rings. The van der Waals surface area contributed by atoms with Crippen LogP contribution in [0.2, 0.25) is 0 Å². The molecule has 0 saturated heterocycles. The van der Waals surface area contributed by atoms with E-state index in [0.717, 1.165) is 5.92 Å². The summed E-state index contributed by atoms with van der Waals surface area (Å²) < 4.78 is 0. The van der Waals surface area contributed by atoms with Crippen molar-refractivity contribution in [2.45, 2.75) is 57.9 Å². The lowest BCUT2D eigenvalue weighted by atomic mass is 9.76. The molecule has 0 bridgehead atoms. The molecule has 1 aliphatic carbocycles. The number of hydrogen-bond donors (Lipinski definition) is 1. The largest absolute Gasteiger partial charge is 0.325 e. The Bertz CT molecular complexity index is 116. The first-order chi connectivity index (χ1) is 5.14. The minimum absolute atomic E-state index is 0.151. The van der Waals surface area contributed by atoms with Gasteiger partial charge in [-0.25, -0.2) is 0 Å². The van der Waals surface area contributed by atoms with Gasteiger partial charge in [-0.05, 0) is 25.7 Å². The van der Waals surface area contributed by atoms with E-state index < -0.39 is 0 Å². The van der Waals surface area contributed by atoms with E-state index in [4.69, 9.17) is 5.73 Å². The zero-order chi connectivity index (χ0) is 8.32. The van der Waals surface area contributed by atoms with Gasteiger partial charge in [0.2, 0.25) is 0 Å². The van der Waals surface area contributed by atoms with E-state index in [-0.39, 0.29) is 5.54 Å². The second-order valence-electron chi connectivity index (χ2n) is 4.41. The lowest BCUT2D eigenvalue weighted by Crippen LogP contribution is -2.40. The Kier molecular flexibility index (Phi) is 2.94. The maximum atomic E-state index is 6.10. The standard InChI is InChI=1S/C10H21N/c1-3-5-9-6-4-7-10(2,11)8-9/h9H,3-8,11H2,1-2H3/t9-,10+/m0/s1. The van der Waals surface area contributed by atoms with Crippen LogP contribution in [0.25, 0.3) is 0 Å². The summed E-state index contributed by atoms with van der Waals surface area (Å²) in [5, 5.41) is 0. The molecule has 2 atom stereocenters. The van der Waals surface area contributed by atoms with E-state index in [2.05, 4.69) is 13.8 Å². The Morgan fingerprint density at radius 3 is 2.82 bits per heavy atom. The Balaban J connectivity index is 2.34. The molecule has 0 spiro atoms. The average molecular weight is 155 g/mol. The van der Waals surface area contributed by atoms with E-state index in [1.54, 1.807) is 0 Å². The summed E-state index contributed by atoms with van der Waals surface area (Å²) in [6.45, 7) is 4.47. The van der Waals surface area contributed by atoms with E-state index in [9.17, 15) is 0 Å². The minimum Gasteiger partial charge on any atom is -0.325 e. The highest BCUT2D eigenvalue weighted by molar-refractivity contribution is 4.86. The molecule has 66 valence electrons. The Morgan fingerprint density at radius 2 is 2.27 bits per heavy atom. The van der Waals surface area contributed by atoms with Crippen LogP contribution >= 0.6 is 0 Å². The first-order valence-corrected chi connectivity index (χ1v) is 4.93. The van der Waals surface area contributed by atoms with Crippen molar-refractivity contribution in [1.29, 1.82) is 0 Å².